The Bertz CT molecular complexity index is 698. The van der Waals surface area contributed by atoms with Crippen molar-refractivity contribution >= 4 is 11.9 Å². The highest BCUT2D eigenvalue weighted by Gasteiger charge is 2.46. The van der Waals surface area contributed by atoms with Crippen LogP contribution in [0.1, 0.15) is 43.5 Å². The third-order valence-electron chi connectivity index (χ3n) is 5.56. The molecule has 1 aromatic rings. The number of aliphatic carboxylic acids is 1. The van der Waals surface area contributed by atoms with Crippen LogP contribution in [0, 0.1) is 23.7 Å². The quantitative estimate of drug-likeness (QED) is 0.754. The number of methoxy groups -OCH3 is 1. The van der Waals surface area contributed by atoms with Crippen LogP contribution in [0.5, 0.6) is 11.5 Å². The lowest BCUT2D eigenvalue weighted by Crippen LogP contribution is -2.30. The standard InChI is InChI=1S/C21H29NO5/c1-13(2)8-9-27-18-7-6-15(10-19(18)26-3)20(23)22-11-16(14-4-5-14)17(12-22)21(24)25/h6-7,10,13-14,16-17H,4-5,8-9,11-12H2,1-3H3,(H,24,25)/t16-,17+/m1/s1. The van der Waals surface area contributed by atoms with Gasteiger partial charge in [-0.15, -0.1) is 0 Å². The number of rotatable bonds is 8. The highest BCUT2D eigenvalue weighted by Crippen LogP contribution is 2.44. The predicted molar refractivity (Wildman–Crippen MR) is 101 cm³/mol. The molecule has 148 valence electrons. The molecule has 2 fully saturated rings. The fourth-order valence-corrected chi connectivity index (χ4v) is 3.77. The van der Waals surface area contributed by atoms with Crippen LogP contribution in [-0.2, 0) is 4.79 Å². The lowest BCUT2D eigenvalue weighted by Gasteiger charge is -2.18. The summed E-state index contributed by atoms with van der Waals surface area (Å²) in [6.07, 6.45) is 3.09. The van der Waals surface area contributed by atoms with Gasteiger partial charge in [0, 0.05) is 18.7 Å². The van der Waals surface area contributed by atoms with Gasteiger partial charge in [-0.05, 0) is 55.2 Å². The number of amides is 1. The van der Waals surface area contributed by atoms with Gasteiger partial charge in [-0.3, -0.25) is 9.59 Å². The van der Waals surface area contributed by atoms with Crippen LogP contribution in [-0.4, -0.2) is 48.7 Å². The van der Waals surface area contributed by atoms with Crippen molar-refractivity contribution < 1.29 is 24.2 Å². The second kappa shape index (κ2) is 8.19. The maximum atomic E-state index is 12.9. The number of nitrogens with zero attached hydrogens (tertiary/aromatic N) is 1. The van der Waals surface area contributed by atoms with Crippen LogP contribution in [0.15, 0.2) is 18.2 Å². The van der Waals surface area contributed by atoms with E-state index in [1.807, 2.05) is 0 Å². The molecule has 0 aromatic heterocycles. The van der Waals surface area contributed by atoms with Crippen molar-refractivity contribution in [3.05, 3.63) is 23.8 Å². The molecule has 1 heterocycles. The summed E-state index contributed by atoms with van der Waals surface area (Å²) in [4.78, 5) is 26.2. The molecule has 0 bridgehead atoms. The van der Waals surface area contributed by atoms with Crippen LogP contribution in [0.25, 0.3) is 0 Å². The van der Waals surface area contributed by atoms with Gasteiger partial charge >= 0.3 is 5.97 Å². The molecule has 1 saturated heterocycles. The average Bonchev–Trinajstić information content (AvgIpc) is 3.38. The summed E-state index contributed by atoms with van der Waals surface area (Å²) in [6.45, 7) is 5.67. The molecule has 0 radical (unpaired) electrons. The molecule has 0 unspecified atom stereocenters. The van der Waals surface area contributed by atoms with Crippen molar-refractivity contribution in [1.82, 2.24) is 4.90 Å². The first-order chi connectivity index (χ1) is 12.9. The average molecular weight is 375 g/mol. The zero-order chi connectivity index (χ0) is 19.6. The van der Waals surface area contributed by atoms with Gasteiger partial charge in [0.2, 0.25) is 0 Å². The van der Waals surface area contributed by atoms with E-state index in [1.54, 1.807) is 30.2 Å². The van der Waals surface area contributed by atoms with E-state index in [1.165, 1.54) is 0 Å². The van der Waals surface area contributed by atoms with E-state index < -0.39 is 11.9 Å². The molecule has 1 aliphatic carbocycles. The van der Waals surface area contributed by atoms with E-state index in [2.05, 4.69) is 13.8 Å². The van der Waals surface area contributed by atoms with Crippen molar-refractivity contribution in [3.63, 3.8) is 0 Å². The van der Waals surface area contributed by atoms with Gasteiger partial charge in [-0.2, -0.15) is 0 Å². The van der Waals surface area contributed by atoms with Crippen LogP contribution >= 0.6 is 0 Å². The Morgan fingerprint density at radius 3 is 2.56 bits per heavy atom. The van der Waals surface area contributed by atoms with Crippen molar-refractivity contribution in [2.75, 3.05) is 26.8 Å². The maximum Gasteiger partial charge on any atom is 0.308 e. The molecule has 1 amide bonds. The van der Waals surface area contributed by atoms with Gasteiger partial charge < -0.3 is 19.5 Å². The second-order valence-electron chi connectivity index (χ2n) is 8.05. The Hall–Kier alpha value is -2.24. The van der Waals surface area contributed by atoms with E-state index in [0.717, 1.165) is 19.3 Å². The fraction of sp³-hybridized carbons (Fsp3) is 0.619. The highest BCUT2D eigenvalue weighted by molar-refractivity contribution is 5.95. The first-order valence-corrected chi connectivity index (χ1v) is 9.73. The third-order valence-corrected chi connectivity index (χ3v) is 5.56. The summed E-state index contributed by atoms with van der Waals surface area (Å²) >= 11 is 0. The first-order valence-electron chi connectivity index (χ1n) is 9.73. The van der Waals surface area contributed by atoms with E-state index >= 15 is 0 Å². The molecular weight excluding hydrogens is 346 g/mol. The Morgan fingerprint density at radius 2 is 1.96 bits per heavy atom. The molecule has 0 spiro atoms. The maximum absolute atomic E-state index is 12.9. The Balaban J connectivity index is 1.70. The normalized spacial score (nSPS) is 22.1. The lowest BCUT2D eigenvalue weighted by atomic mass is 9.92. The predicted octanol–water partition coefficient (Wildman–Crippen LogP) is 3.30. The lowest BCUT2D eigenvalue weighted by molar-refractivity contribution is -0.142. The first kappa shape index (κ1) is 19.5. The van der Waals surface area contributed by atoms with Crippen molar-refractivity contribution in [2.45, 2.75) is 33.1 Å². The SMILES string of the molecule is COc1cc(C(=O)N2C[C@H](C(=O)O)[C@@H](C3CC3)C2)ccc1OCCC(C)C. The van der Waals surface area contributed by atoms with Crippen molar-refractivity contribution in [3.8, 4) is 11.5 Å². The van der Waals surface area contributed by atoms with Gasteiger partial charge in [-0.25, -0.2) is 0 Å². The smallest absolute Gasteiger partial charge is 0.308 e. The Morgan fingerprint density at radius 1 is 1.22 bits per heavy atom. The van der Waals surface area contributed by atoms with Gasteiger partial charge in [-0.1, -0.05) is 13.8 Å². The Labute approximate surface area is 160 Å². The molecule has 1 aromatic carbocycles. The molecule has 6 heteroatoms. The van der Waals surface area contributed by atoms with E-state index in [-0.39, 0.29) is 18.4 Å². The molecule has 3 rings (SSSR count). The monoisotopic (exact) mass is 375 g/mol. The van der Waals surface area contributed by atoms with Gasteiger partial charge in [0.25, 0.3) is 5.91 Å². The number of benzene rings is 1. The van der Waals surface area contributed by atoms with Gasteiger partial charge in [0.15, 0.2) is 11.5 Å². The minimum absolute atomic E-state index is 0.0759. The van der Waals surface area contributed by atoms with Gasteiger partial charge in [0.1, 0.15) is 0 Å². The Kier molecular flexibility index (Phi) is 5.92. The summed E-state index contributed by atoms with van der Waals surface area (Å²) in [5, 5.41) is 9.50. The number of ether oxygens (including phenoxy) is 2. The largest absolute Gasteiger partial charge is 0.493 e. The zero-order valence-corrected chi connectivity index (χ0v) is 16.3. The van der Waals surface area contributed by atoms with Crippen LogP contribution < -0.4 is 9.47 Å². The summed E-state index contributed by atoms with van der Waals surface area (Å²) in [5.74, 6) is 0.829. The molecule has 2 atom stereocenters. The minimum Gasteiger partial charge on any atom is -0.493 e. The summed E-state index contributed by atoms with van der Waals surface area (Å²) < 4.78 is 11.2. The molecule has 1 saturated carbocycles. The molecule has 27 heavy (non-hydrogen) atoms. The number of carboxylic acids is 1. The summed E-state index contributed by atoms with van der Waals surface area (Å²) in [6, 6.07) is 5.18. The number of hydrogen-bond donors (Lipinski definition) is 1. The molecule has 6 nitrogen and oxygen atoms in total. The number of carboxylic acid groups (broad SMARTS) is 1. The van der Waals surface area contributed by atoms with Crippen LogP contribution in [0.3, 0.4) is 0 Å². The minimum atomic E-state index is -0.798. The molecule has 1 aliphatic heterocycles. The number of carbonyl (C=O) groups excluding carboxylic acids is 1. The molecule has 1 N–H and O–H groups in total. The fourth-order valence-electron chi connectivity index (χ4n) is 3.77. The number of carbonyl (C=O) groups is 2. The van der Waals surface area contributed by atoms with Crippen LogP contribution in [0.4, 0.5) is 0 Å². The van der Waals surface area contributed by atoms with Crippen molar-refractivity contribution in [1.29, 1.82) is 0 Å². The summed E-state index contributed by atoms with van der Waals surface area (Å²) in [7, 11) is 1.55. The number of hydrogen-bond acceptors (Lipinski definition) is 4. The molecule has 2 aliphatic rings. The van der Waals surface area contributed by atoms with E-state index in [0.29, 0.717) is 42.0 Å². The van der Waals surface area contributed by atoms with Crippen LogP contribution in [0.2, 0.25) is 0 Å². The second-order valence-corrected chi connectivity index (χ2v) is 8.05. The highest BCUT2D eigenvalue weighted by atomic mass is 16.5. The number of likely N-dealkylation sites (tertiary alicyclic amines) is 1. The summed E-state index contributed by atoms with van der Waals surface area (Å²) in [5.41, 5.74) is 0.503. The van der Waals surface area contributed by atoms with E-state index in [4.69, 9.17) is 9.47 Å². The zero-order valence-electron chi connectivity index (χ0n) is 16.3. The van der Waals surface area contributed by atoms with Crippen molar-refractivity contribution in [2.24, 2.45) is 23.7 Å². The third kappa shape index (κ3) is 4.54. The van der Waals surface area contributed by atoms with E-state index in [9.17, 15) is 14.7 Å². The molecular formula is C21H29NO5. The topological polar surface area (TPSA) is 76.1 Å². The van der Waals surface area contributed by atoms with Gasteiger partial charge in [0.05, 0.1) is 19.6 Å².